The molecule has 1 aliphatic carbocycles. The molecule has 19 heavy (non-hydrogen) atoms. The van der Waals surface area contributed by atoms with Gasteiger partial charge in [0.2, 0.25) is 6.29 Å². The summed E-state index contributed by atoms with van der Waals surface area (Å²) in [6.07, 6.45) is 0.430. The third-order valence-corrected chi connectivity index (χ3v) is 2.32. The predicted octanol–water partition coefficient (Wildman–Crippen LogP) is 1.83. The molecule has 1 fully saturated rings. The Kier molecular flexibility index (Phi) is 5.60. The molecule has 1 amide bonds. The fourth-order valence-corrected chi connectivity index (χ4v) is 1.35. The molecule has 1 atom stereocenters. The Morgan fingerprint density at radius 2 is 1.95 bits per heavy atom. The molecular formula is C13H23NO5. The Balaban J connectivity index is 2.31. The molecule has 1 N–H and O–H groups in total. The first kappa shape index (κ1) is 15.8. The second kappa shape index (κ2) is 6.75. The number of nitrogens with one attached hydrogen (secondary N) is 1. The van der Waals surface area contributed by atoms with E-state index < -0.39 is 18.0 Å². The van der Waals surface area contributed by atoms with Gasteiger partial charge in [-0.05, 0) is 40.5 Å². The van der Waals surface area contributed by atoms with Gasteiger partial charge in [0.1, 0.15) is 5.60 Å². The predicted molar refractivity (Wildman–Crippen MR) is 68.5 cm³/mol. The van der Waals surface area contributed by atoms with Crippen LogP contribution in [0.3, 0.4) is 0 Å². The lowest BCUT2D eigenvalue weighted by Gasteiger charge is -2.22. The van der Waals surface area contributed by atoms with Gasteiger partial charge in [0, 0.05) is 6.61 Å². The summed E-state index contributed by atoms with van der Waals surface area (Å²) in [5.41, 5.74) is -0.560. The minimum atomic E-state index is -0.759. The van der Waals surface area contributed by atoms with Crippen molar-refractivity contribution in [3.63, 3.8) is 0 Å². The quantitative estimate of drug-likeness (QED) is 0.590. The van der Waals surface area contributed by atoms with E-state index in [-0.39, 0.29) is 18.4 Å². The molecule has 1 rings (SSSR count). The number of amides is 1. The number of carbonyl (C=O) groups is 2. The highest BCUT2D eigenvalue weighted by atomic mass is 16.7. The third kappa shape index (κ3) is 7.00. The Morgan fingerprint density at radius 3 is 2.42 bits per heavy atom. The average Bonchev–Trinajstić information content (AvgIpc) is 3.07. The van der Waals surface area contributed by atoms with E-state index in [2.05, 4.69) is 5.32 Å². The summed E-state index contributed by atoms with van der Waals surface area (Å²) in [5, 5.41) is 2.53. The standard InChI is InChI=1S/C13H23NO5/c1-5-17-10(18-11(15)9-6-7-9)8-14-12(16)19-13(2,3)4/h9-10H,5-8H2,1-4H3,(H,14,16)/t10-/m0/s1. The van der Waals surface area contributed by atoms with Gasteiger partial charge in [0.15, 0.2) is 0 Å². The van der Waals surface area contributed by atoms with Crippen LogP contribution in [-0.2, 0) is 19.0 Å². The summed E-state index contributed by atoms with van der Waals surface area (Å²) < 4.78 is 15.5. The normalized spacial score (nSPS) is 16.6. The van der Waals surface area contributed by atoms with E-state index in [1.54, 1.807) is 27.7 Å². The number of esters is 1. The molecule has 0 aromatic heterocycles. The second-order valence-corrected chi connectivity index (χ2v) is 5.48. The maximum absolute atomic E-state index is 11.5. The minimum absolute atomic E-state index is 0.00415. The first-order chi connectivity index (χ1) is 8.81. The Labute approximate surface area is 113 Å². The zero-order chi connectivity index (χ0) is 14.5. The van der Waals surface area contributed by atoms with Gasteiger partial charge in [-0.25, -0.2) is 4.79 Å². The third-order valence-electron chi connectivity index (χ3n) is 2.32. The van der Waals surface area contributed by atoms with Crippen molar-refractivity contribution in [2.75, 3.05) is 13.2 Å². The highest BCUT2D eigenvalue weighted by molar-refractivity contribution is 5.75. The van der Waals surface area contributed by atoms with Crippen LogP contribution in [0.1, 0.15) is 40.5 Å². The lowest BCUT2D eigenvalue weighted by molar-refractivity contribution is -0.178. The maximum atomic E-state index is 11.5. The van der Waals surface area contributed by atoms with E-state index in [0.29, 0.717) is 6.61 Å². The van der Waals surface area contributed by atoms with E-state index in [9.17, 15) is 9.59 Å². The summed E-state index contributed by atoms with van der Waals surface area (Å²) in [4.78, 5) is 23.0. The van der Waals surface area contributed by atoms with Crippen LogP contribution in [0.15, 0.2) is 0 Å². The van der Waals surface area contributed by atoms with Crippen LogP contribution in [0.5, 0.6) is 0 Å². The molecule has 6 nitrogen and oxygen atoms in total. The Hall–Kier alpha value is -1.30. The summed E-state index contributed by atoms with van der Waals surface area (Å²) >= 11 is 0. The van der Waals surface area contributed by atoms with Gasteiger partial charge in [-0.15, -0.1) is 0 Å². The van der Waals surface area contributed by atoms with Crippen LogP contribution in [0.4, 0.5) is 4.79 Å². The molecule has 0 bridgehead atoms. The van der Waals surface area contributed by atoms with Crippen LogP contribution >= 0.6 is 0 Å². The molecule has 0 radical (unpaired) electrons. The van der Waals surface area contributed by atoms with E-state index in [4.69, 9.17) is 14.2 Å². The van der Waals surface area contributed by atoms with Gasteiger partial charge in [0.05, 0.1) is 12.5 Å². The lowest BCUT2D eigenvalue weighted by atomic mass is 10.2. The van der Waals surface area contributed by atoms with E-state index in [1.165, 1.54) is 0 Å². The zero-order valence-electron chi connectivity index (χ0n) is 12.0. The Morgan fingerprint density at radius 1 is 1.32 bits per heavy atom. The molecule has 0 heterocycles. The number of hydrogen-bond acceptors (Lipinski definition) is 5. The number of ether oxygens (including phenoxy) is 3. The zero-order valence-corrected chi connectivity index (χ0v) is 12.0. The molecule has 6 heteroatoms. The van der Waals surface area contributed by atoms with Crippen molar-refractivity contribution in [1.29, 1.82) is 0 Å². The molecule has 0 unspecified atom stereocenters. The van der Waals surface area contributed by atoms with Crippen LogP contribution < -0.4 is 5.32 Å². The molecular weight excluding hydrogens is 250 g/mol. The number of carbonyl (C=O) groups excluding carboxylic acids is 2. The van der Waals surface area contributed by atoms with Crippen molar-refractivity contribution >= 4 is 12.1 Å². The number of rotatable bonds is 6. The lowest BCUT2D eigenvalue weighted by Crippen LogP contribution is -2.39. The van der Waals surface area contributed by atoms with Crippen molar-refractivity contribution in [3.8, 4) is 0 Å². The molecule has 1 aliphatic rings. The van der Waals surface area contributed by atoms with Crippen molar-refractivity contribution in [2.24, 2.45) is 5.92 Å². The molecule has 1 saturated carbocycles. The van der Waals surface area contributed by atoms with Crippen molar-refractivity contribution < 1.29 is 23.8 Å². The average molecular weight is 273 g/mol. The number of alkyl carbamates (subject to hydrolysis) is 1. The van der Waals surface area contributed by atoms with Crippen molar-refractivity contribution in [2.45, 2.75) is 52.4 Å². The largest absolute Gasteiger partial charge is 0.444 e. The van der Waals surface area contributed by atoms with E-state index in [0.717, 1.165) is 12.8 Å². The smallest absolute Gasteiger partial charge is 0.407 e. The minimum Gasteiger partial charge on any atom is -0.444 e. The number of hydrogen-bond donors (Lipinski definition) is 1. The van der Waals surface area contributed by atoms with Gasteiger partial charge in [-0.1, -0.05) is 0 Å². The Bertz CT molecular complexity index is 319. The SMILES string of the molecule is CCO[C@H](CNC(=O)OC(C)(C)C)OC(=O)C1CC1. The van der Waals surface area contributed by atoms with Crippen LogP contribution in [0.25, 0.3) is 0 Å². The van der Waals surface area contributed by atoms with Gasteiger partial charge >= 0.3 is 12.1 Å². The monoisotopic (exact) mass is 273 g/mol. The van der Waals surface area contributed by atoms with Crippen LogP contribution in [0.2, 0.25) is 0 Å². The fraction of sp³-hybridized carbons (Fsp3) is 0.846. The van der Waals surface area contributed by atoms with Gasteiger partial charge in [0.25, 0.3) is 0 Å². The summed E-state index contributed by atoms with van der Waals surface area (Å²) in [6.45, 7) is 7.62. The summed E-state index contributed by atoms with van der Waals surface area (Å²) in [5.74, 6) is -0.256. The first-order valence-corrected chi connectivity index (χ1v) is 6.60. The topological polar surface area (TPSA) is 73.9 Å². The highest BCUT2D eigenvalue weighted by Crippen LogP contribution is 2.30. The summed E-state index contributed by atoms with van der Waals surface area (Å²) in [7, 11) is 0. The maximum Gasteiger partial charge on any atom is 0.407 e. The fourth-order valence-electron chi connectivity index (χ4n) is 1.35. The molecule has 0 saturated heterocycles. The highest BCUT2D eigenvalue weighted by Gasteiger charge is 2.33. The van der Waals surface area contributed by atoms with Crippen LogP contribution in [-0.4, -0.2) is 37.1 Å². The van der Waals surface area contributed by atoms with E-state index in [1.807, 2.05) is 0 Å². The molecule has 0 aliphatic heterocycles. The van der Waals surface area contributed by atoms with Crippen molar-refractivity contribution in [3.05, 3.63) is 0 Å². The van der Waals surface area contributed by atoms with Gasteiger partial charge < -0.3 is 19.5 Å². The molecule has 0 aromatic carbocycles. The first-order valence-electron chi connectivity index (χ1n) is 6.60. The second-order valence-electron chi connectivity index (χ2n) is 5.48. The molecule has 110 valence electrons. The summed E-state index contributed by atoms with van der Waals surface area (Å²) in [6, 6.07) is 0. The van der Waals surface area contributed by atoms with Gasteiger partial charge in [-0.3, -0.25) is 4.79 Å². The van der Waals surface area contributed by atoms with E-state index >= 15 is 0 Å². The van der Waals surface area contributed by atoms with Gasteiger partial charge in [-0.2, -0.15) is 0 Å². The molecule has 0 spiro atoms. The van der Waals surface area contributed by atoms with Crippen molar-refractivity contribution in [1.82, 2.24) is 5.32 Å². The molecule has 0 aromatic rings. The van der Waals surface area contributed by atoms with Crippen LogP contribution in [0, 0.1) is 5.92 Å².